The molecule has 0 aliphatic heterocycles. The molecule has 0 saturated heterocycles. The van der Waals surface area contributed by atoms with Crippen molar-refractivity contribution < 1.29 is 4.79 Å². The van der Waals surface area contributed by atoms with Crippen LogP contribution in [0.25, 0.3) is 0 Å². The summed E-state index contributed by atoms with van der Waals surface area (Å²) in [5.41, 5.74) is 1.22. The van der Waals surface area contributed by atoms with Crippen LogP contribution >= 0.6 is 24.4 Å². The van der Waals surface area contributed by atoms with Gasteiger partial charge in [-0.05, 0) is 24.2 Å². The van der Waals surface area contributed by atoms with Crippen molar-refractivity contribution in [2.45, 2.75) is 37.8 Å². The lowest BCUT2D eigenvalue weighted by Gasteiger charge is -2.18. The van der Waals surface area contributed by atoms with Crippen molar-refractivity contribution in [2.24, 2.45) is 5.92 Å². The molecule has 4 heteroatoms. The second kappa shape index (κ2) is 8.54. The van der Waals surface area contributed by atoms with Crippen molar-refractivity contribution in [1.29, 1.82) is 0 Å². The maximum atomic E-state index is 11.9. The molecule has 0 aliphatic carbocycles. The molecule has 1 amide bonds. The molecule has 2 unspecified atom stereocenters. The summed E-state index contributed by atoms with van der Waals surface area (Å²) in [7, 11) is 0. The van der Waals surface area contributed by atoms with Gasteiger partial charge in [0.1, 0.15) is 0 Å². The van der Waals surface area contributed by atoms with E-state index in [0.717, 1.165) is 5.75 Å². The third-order valence-electron chi connectivity index (χ3n) is 2.54. The van der Waals surface area contributed by atoms with Gasteiger partial charge in [0, 0.05) is 11.7 Å². The molecule has 19 heavy (non-hydrogen) atoms. The van der Waals surface area contributed by atoms with Crippen LogP contribution in [0.3, 0.4) is 0 Å². The molecule has 0 aromatic heterocycles. The summed E-state index contributed by atoms with van der Waals surface area (Å²) in [6.07, 6.45) is 0.506. The zero-order valence-corrected chi connectivity index (χ0v) is 13.5. The van der Waals surface area contributed by atoms with Crippen LogP contribution in [0.1, 0.15) is 38.0 Å². The van der Waals surface area contributed by atoms with Gasteiger partial charge in [-0.2, -0.15) is 24.4 Å². The van der Waals surface area contributed by atoms with Gasteiger partial charge in [-0.15, -0.1) is 0 Å². The highest BCUT2D eigenvalue weighted by Gasteiger charge is 2.17. The van der Waals surface area contributed by atoms with E-state index in [4.69, 9.17) is 0 Å². The average Bonchev–Trinajstić information content (AvgIpc) is 2.34. The molecular formula is C15H23NOS2. The van der Waals surface area contributed by atoms with E-state index in [1.54, 1.807) is 0 Å². The van der Waals surface area contributed by atoms with Crippen LogP contribution in [0, 0.1) is 5.92 Å². The first-order chi connectivity index (χ1) is 8.99. The first-order valence-corrected chi connectivity index (χ1v) is 8.19. The molecule has 1 aromatic carbocycles. The summed E-state index contributed by atoms with van der Waals surface area (Å²) in [6, 6.07) is 10.2. The fraction of sp³-hybridized carbons (Fsp3) is 0.533. The number of rotatable bonds is 7. The Morgan fingerprint density at radius 2 is 1.89 bits per heavy atom. The van der Waals surface area contributed by atoms with Gasteiger partial charge < -0.3 is 5.32 Å². The summed E-state index contributed by atoms with van der Waals surface area (Å²) in [5.74, 6) is 1.75. The van der Waals surface area contributed by atoms with Crippen LogP contribution in [-0.4, -0.2) is 17.0 Å². The van der Waals surface area contributed by atoms with Crippen molar-refractivity contribution in [1.82, 2.24) is 5.32 Å². The van der Waals surface area contributed by atoms with Crippen LogP contribution in [0.2, 0.25) is 0 Å². The van der Waals surface area contributed by atoms with Crippen molar-refractivity contribution in [3.63, 3.8) is 0 Å². The molecule has 0 spiro atoms. The Morgan fingerprint density at radius 3 is 2.42 bits per heavy atom. The number of benzene rings is 1. The normalized spacial score (nSPS) is 14.2. The highest BCUT2D eigenvalue weighted by Crippen LogP contribution is 2.33. The topological polar surface area (TPSA) is 29.1 Å². The zero-order valence-electron chi connectivity index (χ0n) is 11.8. The van der Waals surface area contributed by atoms with E-state index >= 15 is 0 Å². The van der Waals surface area contributed by atoms with E-state index < -0.39 is 0 Å². The summed E-state index contributed by atoms with van der Waals surface area (Å²) < 4.78 is 0. The Labute approximate surface area is 126 Å². The van der Waals surface area contributed by atoms with E-state index in [0.29, 0.717) is 12.3 Å². The molecule has 2 atom stereocenters. The molecule has 1 aromatic rings. The highest BCUT2D eigenvalue weighted by molar-refractivity contribution is 7.99. The van der Waals surface area contributed by atoms with Crippen molar-refractivity contribution >= 4 is 30.3 Å². The average molecular weight is 297 g/mol. The number of hydrogen-bond acceptors (Lipinski definition) is 3. The standard InChI is InChI=1S/C15H23NOS2/c1-11(2)10-19-14(9-15(17)16-12(3)18)13-7-5-4-6-8-13/h4-8,11-12,14,18H,9-10H2,1-3H3,(H,16,17). The number of amides is 1. The monoisotopic (exact) mass is 297 g/mol. The lowest BCUT2D eigenvalue weighted by molar-refractivity contribution is -0.121. The van der Waals surface area contributed by atoms with Crippen LogP contribution in [0.15, 0.2) is 30.3 Å². The Bertz CT molecular complexity index is 379. The Balaban J connectivity index is 2.67. The third-order valence-corrected chi connectivity index (χ3v) is 4.37. The van der Waals surface area contributed by atoms with Crippen LogP contribution < -0.4 is 5.32 Å². The molecular weight excluding hydrogens is 274 g/mol. The molecule has 0 heterocycles. The SMILES string of the molecule is CC(C)CSC(CC(=O)NC(C)S)c1ccccc1. The second-order valence-electron chi connectivity index (χ2n) is 5.07. The van der Waals surface area contributed by atoms with Gasteiger partial charge in [0.15, 0.2) is 0 Å². The lowest BCUT2D eigenvalue weighted by atomic mass is 10.1. The Morgan fingerprint density at radius 1 is 1.26 bits per heavy atom. The number of hydrogen-bond donors (Lipinski definition) is 2. The van der Waals surface area contributed by atoms with Gasteiger partial charge >= 0.3 is 0 Å². The Hall–Kier alpha value is -0.610. The number of thioether (sulfide) groups is 1. The third kappa shape index (κ3) is 6.92. The van der Waals surface area contributed by atoms with E-state index in [2.05, 4.69) is 43.9 Å². The molecule has 0 radical (unpaired) electrons. The minimum Gasteiger partial charge on any atom is -0.345 e. The number of carbonyl (C=O) groups is 1. The summed E-state index contributed by atoms with van der Waals surface area (Å²) >= 11 is 6.05. The quantitative estimate of drug-likeness (QED) is 0.590. The van der Waals surface area contributed by atoms with Gasteiger partial charge in [-0.25, -0.2) is 0 Å². The van der Waals surface area contributed by atoms with Crippen molar-refractivity contribution in [3.05, 3.63) is 35.9 Å². The van der Waals surface area contributed by atoms with E-state index in [9.17, 15) is 4.79 Å². The fourth-order valence-electron chi connectivity index (χ4n) is 1.71. The Kier molecular flexibility index (Phi) is 7.39. The summed E-state index contributed by atoms with van der Waals surface area (Å²) in [6.45, 7) is 6.26. The predicted molar refractivity (Wildman–Crippen MR) is 87.7 cm³/mol. The predicted octanol–water partition coefficient (Wildman–Crippen LogP) is 3.90. The largest absolute Gasteiger partial charge is 0.345 e. The van der Waals surface area contributed by atoms with Crippen molar-refractivity contribution in [3.8, 4) is 0 Å². The zero-order chi connectivity index (χ0) is 14.3. The van der Waals surface area contributed by atoms with Gasteiger partial charge in [-0.1, -0.05) is 44.2 Å². The van der Waals surface area contributed by atoms with Crippen LogP contribution in [0.4, 0.5) is 0 Å². The van der Waals surface area contributed by atoms with Crippen LogP contribution in [-0.2, 0) is 4.79 Å². The molecule has 106 valence electrons. The fourth-order valence-corrected chi connectivity index (χ4v) is 3.09. The number of carbonyl (C=O) groups excluding carboxylic acids is 1. The lowest BCUT2D eigenvalue weighted by Crippen LogP contribution is -2.29. The van der Waals surface area contributed by atoms with Gasteiger partial charge in [0.2, 0.25) is 5.91 Å². The van der Waals surface area contributed by atoms with Gasteiger partial charge in [-0.3, -0.25) is 4.79 Å². The molecule has 2 nitrogen and oxygen atoms in total. The molecule has 0 aliphatic rings. The molecule has 0 saturated carbocycles. The van der Waals surface area contributed by atoms with Gasteiger partial charge in [0.25, 0.3) is 0 Å². The molecule has 1 rings (SSSR count). The first-order valence-electron chi connectivity index (χ1n) is 6.63. The smallest absolute Gasteiger partial charge is 0.222 e. The second-order valence-corrected chi connectivity index (χ2v) is 7.08. The molecule has 0 fully saturated rings. The van der Waals surface area contributed by atoms with E-state index in [-0.39, 0.29) is 16.5 Å². The molecule has 0 bridgehead atoms. The summed E-state index contributed by atoms with van der Waals surface area (Å²) in [4.78, 5) is 11.9. The number of thiol groups is 1. The van der Waals surface area contributed by atoms with Crippen LogP contribution in [0.5, 0.6) is 0 Å². The highest BCUT2D eigenvalue weighted by atomic mass is 32.2. The first kappa shape index (κ1) is 16.4. The minimum atomic E-state index is -0.0981. The van der Waals surface area contributed by atoms with E-state index in [1.807, 2.05) is 36.9 Å². The van der Waals surface area contributed by atoms with Gasteiger partial charge in [0.05, 0.1) is 5.37 Å². The maximum absolute atomic E-state index is 11.9. The molecule has 1 N–H and O–H groups in total. The maximum Gasteiger partial charge on any atom is 0.222 e. The summed E-state index contributed by atoms with van der Waals surface area (Å²) in [5, 5.41) is 2.96. The van der Waals surface area contributed by atoms with Crippen molar-refractivity contribution in [2.75, 3.05) is 5.75 Å². The number of nitrogens with one attached hydrogen (secondary N) is 1. The van der Waals surface area contributed by atoms with E-state index in [1.165, 1.54) is 5.56 Å². The minimum absolute atomic E-state index is 0.0626.